The summed E-state index contributed by atoms with van der Waals surface area (Å²) in [6.45, 7) is 0. The maximum Gasteiger partial charge on any atom is 0.167 e. The summed E-state index contributed by atoms with van der Waals surface area (Å²) < 4.78 is 0. The monoisotopic (exact) mass is 302 g/mol. The van der Waals surface area contributed by atoms with Gasteiger partial charge in [-0.2, -0.15) is 0 Å². The topological polar surface area (TPSA) is 34.1 Å². The highest BCUT2D eigenvalue weighted by atomic mass is 16.1. The first-order chi connectivity index (χ1) is 11.3. The van der Waals surface area contributed by atoms with Gasteiger partial charge in [0, 0.05) is 23.0 Å². The number of allylic oxidation sites excluding steroid dienone is 2. The molecule has 114 valence electrons. The van der Waals surface area contributed by atoms with Gasteiger partial charge in [0.15, 0.2) is 11.6 Å². The zero-order chi connectivity index (χ0) is 15.8. The van der Waals surface area contributed by atoms with Gasteiger partial charge in [0.25, 0.3) is 0 Å². The molecule has 1 fully saturated rings. The van der Waals surface area contributed by atoms with Crippen molar-refractivity contribution >= 4 is 11.6 Å². The molecule has 0 aromatic heterocycles. The fourth-order valence-corrected chi connectivity index (χ4v) is 4.13. The molecule has 23 heavy (non-hydrogen) atoms. The summed E-state index contributed by atoms with van der Waals surface area (Å²) in [7, 11) is 0. The normalized spacial score (nSPS) is 28.0. The Morgan fingerprint density at radius 3 is 1.43 bits per heavy atom. The van der Waals surface area contributed by atoms with Gasteiger partial charge in [-0.1, -0.05) is 72.8 Å². The molecular weight excluding hydrogens is 284 g/mol. The minimum absolute atomic E-state index is 0.108. The van der Waals surface area contributed by atoms with Gasteiger partial charge in [-0.3, -0.25) is 9.59 Å². The van der Waals surface area contributed by atoms with Crippen LogP contribution in [-0.2, 0) is 0 Å². The van der Waals surface area contributed by atoms with E-state index >= 15 is 0 Å². The smallest absolute Gasteiger partial charge is 0.167 e. The van der Waals surface area contributed by atoms with Crippen molar-refractivity contribution < 1.29 is 9.59 Å². The van der Waals surface area contributed by atoms with Crippen LogP contribution in [0.5, 0.6) is 0 Å². The van der Waals surface area contributed by atoms with Gasteiger partial charge in [-0.25, -0.2) is 0 Å². The third-order valence-electron chi connectivity index (χ3n) is 5.18. The first-order valence-electron chi connectivity index (χ1n) is 8.12. The zero-order valence-corrected chi connectivity index (χ0v) is 12.8. The molecule has 0 N–H and O–H groups in total. The highest BCUT2D eigenvalue weighted by Gasteiger charge is 2.51. The minimum Gasteiger partial charge on any atom is -0.294 e. The molecule has 0 aliphatic heterocycles. The molecule has 2 nitrogen and oxygen atoms in total. The minimum atomic E-state index is -0.222. The number of rotatable bonds is 4. The van der Waals surface area contributed by atoms with E-state index in [1.165, 1.54) is 0 Å². The zero-order valence-electron chi connectivity index (χ0n) is 12.8. The van der Waals surface area contributed by atoms with Gasteiger partial charge in [-0.05, 0) is 18.3 Å². The van der Waals surface area contributed by atoms with Crippen LogP contribution in [0.15, 0.2) is 72.8 Å². The van der Waals surface area contributed by atoms with Gasteiger partial charge in [0.05, 0.1) is 0 Å². The van der Waals surface area contributed by atoms with Crippen LogP contribution < -0.4 is 0 Å². The SMILES string of the molecule is O=C(c1ccccc1)[C@@H]1[C@@H](C(=O)c2ccccc2)[C@H]2C=C[C@@H]1C2. The van der Waals surface area contributed by atoms with Crippen molar-refractivity contribution in [1.29, 1.82) is 0 Å². The Hall–Kier alpha value is -2.48. The van der Waals surface area contributed by atoms with Gasteiger partial charge < -0.3 is 0 Å². The highest BCUT2D eigenvalue weighted by Crippen LogP contribution is 2.50. The predicted molar refractivity (Wildman–Crippen MR) is 89.3 cm³/mol. The molecule has 0 radical (unpaired) electrons. The number of hydrogen-bond acceptors (Lipinski definition) is 2. The maximum absolute atomic E-state index is 13.0. The second-order valence-corrected chi connectivity index (χ2v) is 6.46. The molecule has 0 saturated heterocycles. The number of hydrogen-bond donors (Lipinski definition) is 0. The van der Waals surface area contributed by atoms with Crippen molar-refractivity contribution in [3.63, 3.8) is 0 Å². The Morgan fingerprint density at radius 2 is 1.04 bits per heavy atom. The predicted octanol–water partition coefficient (Wildman–Crippen LogP) is 4.19. The van der Waals surface area contributed by atoms with Crippen molar-refractivity contribution in [3.05, 3.63) is 83.9 Å². The summed E-state index contributed by atoms with van der Waals surface area (Å²) in [5.41, 5.74) is 1.42. The Bertz CT molecular complexity index is 695. The Morgan fingerprint density at radius 1 is 0.652 bits per heavy atom. The van der Waals surface area contributed by atoms with Crippen LogP contribution in [0.1, 0.15) is 27.1 Å². The quantitative estimate of drug-likeness (QED) is 0.627. The van der Waals surface area contributed by atoms with E-state index in [9.17, 15) is 9.59 Å². The molecule has 2 aromatic carbocycles. The Labute approximate surface area is 135 Å². The van der Waals surface area contributed by atoms with Crippen LogP contribution in [0, 0.1) is 23.7 Å². The van der Waals surface area contributed by atoms with Gasteiger partial charge in [0.2, 0.25) is 0 Å². The molecule has 2 aromatic rings. The molecule has 4 atom stereocenters. The molecule has 0 unspecified atom stereocenters. The average molecular weight is 302 g/mol. The van der Waals surface area contributed by atoms with Crippen LogP contribution in [0.3, 0.4) is 0 Å². The van der Waals surface area contributed by atoms with Crippen LogP contribution >= 0.6 is 0 Å². The van der Waals surface area contributed by atoms with E-state index in [2.05, 4.69) is 12.2 Å². The van der Waals surface area contributed by atoms with Gasteiger partial charge >= 0.3 is 0 Å². The summed E-state index contributed by atoms with van der Waals surface area (Å²) in [5.74, 6) is 0.171. The van der Waals surface area contributed by atoms with Crippen molar-refractivity contribution in [2.75, 3.05) is 0 Å². The molecule has 0 spiro atoms. The van der Waals surface area contributed by atoms with E-state index < -0.39 is 0 Å². The van der Waals surface area contributed by atoms with Crippen LogP contribution in [-0.4, -0.2) is 11.6 Å². The third-order valence-corrected chi connectivity index (χ3v) is 5.18. The molecule has 0 amide bonds. The number of fused-ring (bicyclic) bond motifs is 2. The average Bonchev–Trinajstić information content (AvgIpc) is 3.23. The largest absolute Gasteiger partial charge is 0.294 e. The molecule has 2 aliphatic carbocycles. The van der Waals surface area contributed by atoms with Crippen molar-refractivity contribution in [2.45, 2.75) is 6.42 Å². The summed E-state index contributed by atoms with van der Waals surface area (Å²) >= 11 is 0. The van der Waals surface area contributed by atoms with Gasteiger partial charge in [-0.15, -0.1) is 0 Å². The lowest BCUT2D eigenvalue weighted by atomic mass is 9.75. The number of Topliss-reactive ketones (excluding diaryl/α,β-unsaturated/α-hetero) is 2. The van der Waals surface area contributed by atoms with Crippen LogP contribution in [0.25, 0.3) is 0 Å². The molecule has 1 saturated carbocycles. The number of ketones is 2. The van der Waals surface area contributed by atoms with Gasteiger partial charge in [0.1, 0.15) is 0 Å². The Kier molecular flexibility index (Phi) is 3.45. The summed E-state index contributed by atoms with van der Waals surface area (Å²) in [6, 6.07) is 18.7. The fraction of sp³-hybridized carbons (Fsp3) is 0.238. The first-order valence-corrected chi connectivity index (χ1v) is 8.12. The van der Waals surface area contributed by atoms with E-state index in [0.717, 1.165) is 6.42 Å². The van der Waals surface area contributed by atoms with E-state index in [-0.39, 0.29) is 35.2 Å². The number of carbonyl (C=O) groups excluding carboxylic acids is 2. The van der Waals surface area contributed by atoms with Crippen molar-refractivity contribution in [1.82, 2.24) is 0 Å². The number of carbonyl (C=O) groups is 2. The summed E-state index contributed by atoms with van der Waals surface area (Å²) in [5, 5.41) is 0. The fourth-order valence-electron chi connectivity index (χ4n) is 4.13. The van der Waals surface area contributed by atoms with E-state index in [1.807, 2.05) is 60.7 Å². The molecule has 0 heterocycles. The Balaban J connectivity index is 1.69. The number of benzene rings is 2. The van der Waals surface area contributed by atoms with Crippen molar-refractivity contribution in [2.24, 2.45) is 23.7 Å². The first kappa shape index (κ1) is 14.1. The molecule has 2 heteroatoms. The third kappa shape index (κ3) is 2.35. The maximum atomic E-state index is 13.0. The molecular formula is C21H18O2. The lowest BCUT2D eigenvalue weighted by molar-refractivity contribution is 0.0752. The van der Waals surface area contributed by atoms with Crippen molar-refractivity contribution in [3.8, 4) is 0 Å². The van der Waals surface area contributed by atoms with E-state index in [0.29, 0.717) is 11.1 Å². The lowest BCUT2D eigenvalue weighted by Crippen LogP contribution is -2.33. The molecule has 2 bridgehead atoms. The molecule has 4 rings (SSSR count). The van der Waals surface area contributed by atoms with E-state index in [4.69, 9.17) is 0 Å². The lowest BCUT2D eigenvalue weighted by Gasteiger charge is -2.26. The summed E-state index contributed by atoms with van der Waals surface area (Å²) in [4.78, 5) is 26.0. The second-order valence-electron chi connectivity index (χ2n) is 6.46. The summed E-state index contributed by atoms with van der Waals surface area (Å²) in [6.07, 6.45) is 5.18. The standard InChI is InChI=1S/C21H18O2/c22-20(14-7-3-1-4-8-14)18-16-11-12-17(13-16)19(18)21(23)15-9-5-2-6-10-15/h1-12,16-19H,13H2/t16-,17+,18-,19-/m0/s1. The van der Waals surface area contributed by atoms with Crippen LogP contribution in [0.2, 0.25) is 0 Å². The highest BCUT2D eigenvalue weighted by molar-refractivity contribution is 6.06. The second kappa shape index (κ2) is 5.62. The van der Waals surface area contributed by atoms with Crippen LogP contribution in [0.4, 0.5) is 0 Å². The van der Waals surface area contributed by atoms with E-state index in [1.54, 1.807) is 0 Å². The molecule has 2 aliphatic rings.